The van der Waals surface area contributed by atoms with Crippen LogP contribution in [0.1, 0.15) is 29.0 Å². The Balaban J connectivity index is 2.10. The Bertz CT molecular complexity index is 634. The summed E-state index contributed by atoms with van der Waals surface area (Å²) in [6.07, 6.45) is 0. The van der Waals surface area contributed by atoms with E-state index < -0.39 is 5.91 Å². The van der Waals surface area contributed by atoms with Crippen LogP contribution in [0.3, 0.4) is 0 Å². The highest BCUT2D eigenvalue weighted by molar-refractivity contribution is 5.92. The van der Waals surface area contributed by atoms with Gasteiger partial charge in [-0.3, -0.25) is 9.59 Å². The third-order valence-electron chi connectivity index (χ3n) is 2.61. The topological polar surface area (TPSA) is 74.8 Å². The van der Waals surface area contributed by atoms with Crippen molar-refractivity contribution in [2.45, 2.75) is 13.0 Å². The van der Waals surface area contributed by atoms with Crippen molar-refractivity contribution in [3.05, 3.63) is 63.8 Å². The number of benzene rings is 1. The van der Waals surface area contributed by atoms with Gasteiger partial charge in [0.2, 0.25) is 0 Å². The monoisotopic (exact) mass is 261 g/mol. The molecule has 1 atom stereocenters. The first-order valence-electron chi connectivity index (χ1n) is 5.68. The van der Waals surface area contributed by atoms with E-state index in [4.69, 9.17) is 0 Å². The molecule has 19 heavy (non-hydrogen) atoms. The molecule has 0 aliphatic carbocycles. The first-order chi connectivity index (χ1) is 9.06. The van der Waals surface area contributed by atoms with Crippen molar-refractivity contribution < 1.29 is 9.18 Å². The summed E-state index contributed by atoms with van der Waals surface area (Å²) in [7, 11) is 0. The molecule has 0 aliphatic rings. The van der Waals surface area contributed by atoms with Crippen LogP contribution in [0, 0.1) is 5.82 Å². The lowest BCUT2D eigenvalue weighted by Gasteiger charge is -2.13. The van der Waals surface area contributed by atoms with Gasteiger partial charge in [0.25, 0.3) is 11.5 Å². The van der Waals surface area contributed by atoms with Crippen LogP contribution in [0.4, 0.5) is 4.39 Å². The Morgan fingerprint density at radius 1 is 1.37 bits per heavy atom. The number of carbonyl (C=O) groups is 1. The maximum atomic E-state index is 13.1. The van der Waals surface area contributed by atoms with E-state index in [9.17, 15) is 14.0 Å². The fourth-order valence-corrected chi connectivity index (χ4v) is 1.60. The fourth-order valence-electron chi connectivity index (χ4n) is 1.60. The third-order valence-corrected chi connectivity index (χ3v) is 2.61. The van der Waals surface area contributed by atoms with Crippen LogP contribution in [0.15, 0.2) is 41.2 Å². The van der Waals surface area contributed by atoms with E-state index in [0.29, 0.717) is 5.56 Å². The number of carbonyl (C=O) groups excluding carboxylic acids is 1. The molecule has 0 saturated heterocycles. The van der Waals surface area contributed by atoms with Crippen molar-refractivity contribution in [2.75, 3.05) is 0 Å². The molecule has 2 aromatic rings. The maximum Gasteiger partial charge on any atom is 0.272 e. The molecule has 0 spiro atoms. The van der Waals surface area contributed by atoms with Gasteiger partial charge in [-0.2, -0.15) is 5.10 Å². The Hall–Kier alpha value is -2.50. The van der Waals surface area contributed by atoms with Gasteiger partial charge in [0, 0.05) is 6.07 Å². The van der Waals surface area contributed by atoms with Crippen LogP contribution in [-0.2, 0) is 0 Å². The summed E-state index contributed by atoms with van der Waals surface area (Å²) in [6, 6.07) is 8.16. The summed E-state index contributed by atoms with van der Waals surface area (Å²) >= 11 is 0. The summed E-state index contributed by atoms with van der Waals surface area (Å²) in [5.41, 5.74) is 0.371. The number of hydrogen-bond donors (Lipinski definition) is 2. The van der Waals surface area contributed by atoms with Crippen molar-refractivity contribution in [2.24, 2.45) is 0 Å². The highest BCUT2D eigenvalue weighted by Crippen LogP contribution is 2.13. The summed E-state index contributed by atoms with van der Waals surface area (Å²) in [4.78, 5) is 22.7. The minimum atomic E-state index is -0.437. The lowest BCUT2D eigenvalue weighted by molar-refractivity contribution is 0.0933. The number of hydrogen-bond acceptors (Lipinski definition) is 3. The van der Waals surface area contributed by atoms with E-state index >= 15 is 0 Å². The molecule has 1 heterocycles. The zero-order chi connectivity index (χ0) is 13.8. The minimum Gasteiger partial charge on any atom is -0.344 e. The molecule has 2 rings (SSSR count). The quantitative estimate of drug-likeness (QED) is 0.877. The Kier molecular flexibility index (Phi) is 3.70. The maximum absolute atomic E-state index is 13.1. The second-order valence-corrected chi connectivity index (χ2v) is 4.06. The van der Waals surface area contributed by atoms with Crippen molar-refractivity contribution in [1.29, 1.82) is 0 Å². The molecule has 1 aromatic heterocycles. The second kappa shape index (κ2) is 5.43. The highest BCUT2D eigenvalue weighted by atomic mass is 19.1. The van der Waals surface area contributed by atoms with Gasteiger partial charge in [-0.05, 0) is 30.7 Å². The Labute approximate surface area is 108 Å². The number of amides is 1. The van der Waals surface area contributed by atoms with E-state index in [2.05, 4.69) is 15.5 Å². The molecule has 98 valence electrons. The Morgan fingerprint density at radius 3 is 2.79 bits per heavy atom. The first-order valence-corrected chi connectivity index (χ1v) is 5.68. The second-order valence-electron chi connectivity index (χ2n) is 4.06. The summed E-state index contributed by atoms with van der Waals surface area (Å²) in [6.45, 7) is 1.73. The fraction of sp³-hybridized carbons (Fsp3) is 0.154. The number of nitrogens with zero attached hydrogens (tertiary/aromatic N) is 1. The molecule has 6 heteroatoms. The van der Waals surface area contributed by atoms with Gasteiger partial charge < -0.3 is 5.32 Å². The smallest absolute Gasteiger partial charge is 0.272 e. The van der Waals surface area contributed by atoms with Crippen molar-refractivity contribution in [3.8, 4) is 0 Å². The van der Waals surface area contributed by atoms with Gasteiger partial charge in [-0.1, -0.05) is 12.1 Å². The predicted octanol–water partition coefficient (Wildman–Crippen LogP) is 1.40. The number of aromatic nitrogens is 2. The minimum absolute atomic E-state index is 0.0999. The lowest BCUT2D eigenvalue weighted by Crippen LogP contribution is -2.28. The third kappa shape index (κ3) is 3.25. The van der Waals surface area contributed by atoms with Crippen molar-refractivity contribution >= 4 is 5.91 Å². The molecule has 0 saturated carbocycles. The standard InChI is InChI=1S/C13H12FN3O2/c1-8(9-3-2-4-10(14)7-9)15-13(19)11-5-6-12(18)17-16-11/h2-8H,1H3,(H,15,19)(H,17,18). The van der Waals surface area contributed by atoms with E-state index in [0.717, 1.165) is 0 Å². The largest absolute Gasteiger partial charge is 0.344 e. The van der Waals surface area contributed by atoms with Crippen LogP contribution in [0.5, 0.6) is 0 Å². The van der Waals surface area contributed by atoms with Gasteiger partial charge in [0.05, 0.1) is 6.04 Å². The Morgan fingerprint density at radius 2 is 2.16 bits per heavy atom. The molecule has 0 radical (unpaired) electrons. The van der Waals surface area contributed by atoms with Gasteiger partial charge in [0.1, 0.15) is 11.5 Å². The SMILES string of the molecule is CC(NC(=O)c1ccc(=O)[nH]n1)c1cccc(F)c1. The first kappa shape index (κ1) is 12.9. The number of H-pyrrole nitrogens is 1. The molecule has 5 nitrogen and oxygen atoms in total. The van der Waals surface area contributed by atoms with E-state index in [1.165, 1.54) is 24.3 Å². The number of rotatable bonds is 3. The van der Waals surface area contributed by atoms with E-state index in [-0.39, 0.29) is 23.1 Å². The number of aromatic amines is 1. The van der Waals surface area contributed by atoms with E-state index in [1.807, 2.05) is 0 Å². The normalized spacial score (nSPS) is 11.9. The van der Waals surface area contributed by atoms with Crippen LogP contribution < -0.4 is 10.9 Å². The average Bonchev–Trinajstić information content (AvgIpc) is 2.39. The zero-order valence-corrected chi connectivity index (χ0v) is 10.2. The van der Waals surface area contributed by atoms with Crippen LogP contribution in [0.25, 0.3) is 0 Å². The zero-order valence-electron chi connectivity index (χ0n) is 10.2. The molecular formula is C13H12FN3O2. The molecule has 0 bridgehead atoms. The summed E-state index contributed by atoms with van der Waals surface area (Å²) < 4.78 is 13.1. The van der Waals surface area contributed by atoms with Crippen LogP contribution in [0.2, 0.25) is 0 Å². The van der Waals surface area contributed by atoms with Gasteiger partial charge in [0.15, 0.2) is 0 Å². The number of nitrogens with one attached hydrogen (secondary N) is 2. The van der Waals surface area contributed by atoms with Crippen molar-refractivity contribution in [3.63, 3.8) is 0 Å². The predicted molar refractivity (Wildman–Crippen MR) is 67.1 cm³/mol. The van der Waals surface area contributed by atoms with Gasteiger partial charge in [-0.25, -0.2) is 9.49 Å². The van der Waals surface area contributed by atoms with Crippen LogP contribution in [-0.4, -0.2) is 16.1 Å². The molecule has 2 N–H and O–H groups in total. The molecule has 1 amide bonds. The molecule has 1 aromatic carbocycles. The molecule has 0 fully saturated rings. The van der Waals surface area contributed by atoms with Crippen molar-refractivity contribution in [1.82, 2.24) is 15.5 Å². The molecule has 0 aliphatic heterocycles. The van der Waals surface area contributed by atoms with E-state index in [1.54, 1.807) is 19.1 Å². The van der Waals surface area contributed by atoms with Crippen LogP contribution >= 0.6 is 0 Å². The summed E-state index contributed by atoms with van der Waals surface area (Å²) in [5, 5.41) is 8.46. The molecule has 1 unspecified atom stereocenters. The van der Waals surface area contributed by atoms with Gasteiger partial charge in [-0.15, -0.1) is 0 Å². The van der Waals surface area contributed by atoms with Gasteiger partial charge >= 0.3 is 0 Å². The lowest BCUT2D eigenvalue weighted by atomic mass is 10.1. The number of halogens is 1. The average molecular weight is 261 g/mol. The molecular weight excluding hydrogens is 249 g/mol. The highest BCUT2D eigenvalue weighted by Gasteiger charge is 2.13. The summed E-state index contributed by atoms with van der Waals surface area (Å²) in [5.74, 6) is -0.797.